The first-order valence-corrected chi connectivity index (χ1v) is 9.15. The standard InChI is InChI=1S/C18H23NO4S/c1-5-23-18-11-10-17(12-14(18)2)24(20,21)19(3)13-15-6-8-16(22-4)9-7-15/h6-12H,5,13H2,1-4H3. The first kappa shape index (κ1) is 18.3. The number of rotatable bonds is 7. The Balaban J connectivity index is 2.20. The maximum absolute atomic E-state index is 12.7. The minimum atomic E-state index is -3.56. The second-order valence-electron chi connectivity index (χ2n) is 5.47. The Kier molecular flexibility index (Phi) is 5.85. The molecule has 0 aromatic heterocycles. The van der Waals surface area contributed by atoms with Gasteiger partial charge in [-0.25, -0.2) is 8.42 Å². The first-order valence-electron chi connectivity index (χ1n) is 7.71. The molecule has 5 nitrogen and oxygen atoms in total. The van der Waals surface area contributed by atoms with Crippen LogP contribution in [0.3, 0.4) is 0 Å². The monoisotopic (exact) mass is 349 g/mol. The molecule has 0 aliphatic rings. The summed E-state index contributed by atoms with van der Waals surface area (Å²) in [7, 11) is -0.389. The van der Waals surface area contributed by atoms with E-state index in [-0.39, 0.29) is 4.90 Å². The fraction of sp³-hybridized carbons (Fsp3) is 0.333. The molecule has 0 bridgehead atoms. The van der Waals surface area contributed by atoms with Crippen molar-refractivity contribution in [3.8, 4) is 11.5 Å². The second kappa shape index (κ2) is 7.68. The van der Waals surface area contributed by atoms with Gasteiger partial charge >= 0.3 is 0 Å². The van der Waals surface area contributed by atoms with Crippen molar-refractivity contribution in [2.24, 2.45) is 0 Å². The molecular weight excluding hydrogens is 326 g/mol. The third kappa shape index (κ3) is 4.07. The number of hydrogen-bond donors (Lipinski definition) is 0. The molecule has 0 saturated heterocycles. The third-order valence-electron chi connectivity index (χ3n) is 3.72. The lowest BCUT2D eigenvalue weighted by molar-refractivity contribution is 0.337. The number of methoxy groups -OCH3 is 1. The summed E-state index contributed by atoms with van der Waals surface area (Å²) in [6, 6.07) is 12.3. The zero-order valence-corrected chi connectivity index (χ0v) is 15.3. The lowest BCUT2D eigenvalue weighted by Crippen LogP contribution is -2.26. The van der Waals surface area contributed by atoms with E-state index in [2.05, 4.69) is 0 Å². The summed E-state index contributed by atoms with van der Waals surface area (Å²) in [6.45, 7) is 4.57. The molecule has 0 unspecified atom stereocenters. The highest BCUT2D eigenvalue weighted by atomic mass is 32.2. The van der Waals surface area contributed by atoms with E-state index < -0.39 is 10.0 Å². The molecule has 0 atom stereocenters. The average Bonchev–Trinajstić information content (AvgIpc) is 2.57. The molecule has 130 valence electrons. The van der Waals surface area contributed by atoms with Crippen LogP contribution in [-0.2, 0) is 16.6 Å². The van der Waals surface area contributed by atoms with Crippen molar-refractivity contribution in [1.29, 1.82) is 0 Å². The van der Waals surface area contributed by atoms with Gasteiger partial charge in [0.15, 0.2) is 0 Å². The van der Waals surface area contributed by atoms with Crippen LogP contribution in [0.15, 0.2) is 47.4 Å². The fourth-order valence-electron chi connectivity index (χ4n) is 2.35. The highest BCUT2D eigenvalue weighted by Crippen LogP contribution is 2.24. The summed E-state index contributed by atoms with van der Waals surface area (Å²) >= 11 is 0. The summed E-state index contributed by atoms with van der Waals surface area (Å²) in [5.74, 6) is 1.45. The van der Waals surface area contributed by atoms with E-state index in [9.17, 15) is 8.42 Å². The van der Waals surface area contributed by atoms with Crippen LogP contribution in [0.1, 0.15) is 18.1 Å². The topological polar surface area (TPSA) is 55.8 Å². The van der Waals surface area contributed by atoms with Gasteiger partial charge in [0.1, 0.15) is 11.5 Å². The summed E-state index contributed by atoms with van der Waals surface area (Å²) in [5.41, 5.74) is 1.69. The molecule has 0 amide bonds. The second-order valence-corrected chi connectivity index (χ2v) is 7.51. The van der Waals surface area contributed by atoms with Crippen LogP contribution in [0.2, 0.25) is 0 Å². The highest BCUT2D eigenvalue weighted by molar-refractivity contribution is 7.89. The van der Waals surface area contributed by atoms with Crippen LogP contribution >= 0.6 is 0 Å². The zero-order chi connectivity index (χ0) is 17.7. The first-order chi connectivity index (χ1) is 11.4. The Morgan fingerprint density at radius 1 is 1.08 bits per heavy atom. The fourth-order valence-corrected chi connectivity index (χ4v) is 3.60. The largest absolute Gasteiger partial charge is 0.497 e. The van der Waals surface area contributed by atoms with E-state index in [1.54, 1.807) is 32.4 Å². The molecule has 24 heavy (non-hydrogen) atoms. The van der Waals surface area contributed by atoms with Crippen molar-refractivity contribution in [2.75, 3.05) is 20.8 Å². The molecule has 2 aromatic carbocycles. The smallest absolute Gasteiger partial charge is 0.243 e. The number of aryl methyl sites for hydroxylation is 1. The van der Waals surface area contributed by atoms with Gasteiger partial charge in [0, 0.05) is 13.6 Å². The van der Waals surface area contributed by atoms with E-state index >= 15 is 0 Å². The van der Waals surface area contributed by atoms with Gasteiger partial charge in [-0.2, -0.15) is 4.31 Å². The lowest BCUT2D eigenvalue weighted by Gasteiger charge is -2.18. The quantitative estimate of drug-likeness (QED) is 0.770. The molecule has 0 fully saturated rings. The molecule has 2 aromatic rings. The van der Waals surface area contributed by atoms with Crippen LogP contribution < -0.4 is 9.47 Å². The van der Waals surface area contributed by atoms with Crippen molar-refractivity contribution in [3.05, 3.63) is 53.6 Å². The van der Waals surface area contributed by atoms with E-state index in [1.165, 1.54) is 4.31 Å². The molecule has 6 heteroatoms. The van der Waals surface area contributed by atoms with Gasteiger partial charge in [-0.05, 0) is 55.3 Å². The highest BCUT2D eigenvalue weighted by Gasteiger charge is 2.21. The minimum Gasteiger partial charge on any atom is -0.497 e. The van der Waals surface area contributed by atoms with Crippen LogP contribution in [0.25, 0.3) is 0 Å². The van der Waals surface area contributed by atoms with Gasteiger partial charge in [0.05, 0.1) is 18.6 Å². The van der Waals surface area contributed by atoms with Crippen molar-refractivity contribution < 1.29 is 17.9 Å². The molecule has 0 N–H and O–H groups in total. The van der Waals surface area contributed by atoms with Crippen LogP contribution in [-0.4, -0.2) is 33.5 Å². The maximum atomic E-state index is 12.7. The van der Waals surface area contributed by atoms with E-state index in [1.807, 2.05) is 38.1 Å². The van der Waals surface area contributed by atoms with Crippen LogP contribution in [0.5, 0.6) is 11.5 Å². The van der Waals surface area contributed by atoms with Crippen LogP contribution in [0.4, 0.5) is 0 Å². The van der Waals surface area contributed by atoms with Gasteiger partial charge in [0.25, 0.3) is 0 Å². The number of hydrogen-bond acceptors (Lipinski definition) is 4. The Bertz CT molecular complexity index is 785. The predicted molar refractivity (Wildman–Crippen MR) is 94.0 cm³/mol. The Morgan fingerprint density at radius 3 is 2.29 bits per heavy atom. The van der Waals surface area contributed by atoms with Crippen molar-refractivity contribution in [1.82, 2.24) is 4.31 Å². The summed E-state index contributed by atoms with van der Waals surface area (Å²) < 4.78 is 37.4. The Labute approximate surface area is 143 Å². The molecule has 2 rings (SSSR count). The molecule has 0 aliphatic carbocycles. The normalized spacial score (nSPS) is 11.5. The number of benzene rings is 2. The Morgan fingerprint density at radius 2 is 1.75 bits per heavy atom. The number of sulfonamides is 1. The van der Waals surface area contributed by atoms with E-state index in [0.717, 1.165) is 16.9 Å². The summed E-state index contributed by atoms with van der Waals surface area (Å²) in [6.07, 6.45) is 0. The van der Waals surface area contributed by atoms with Gasteiger partial charge in [-0.1, -0.05) is 12.1 Å². The third-order valence-corrected chi connectivity index (χ3v) is 5.52. The molecule has 0 spiro atoms. The summed E-state index contributed by atoms with van der Waals surface area (Å²) in [4.78, 5) is 0.263. The lowest BCUT2D eigenvalue weighted by atomic mass is 10.2. The molecular formula is C18H23NO4S. The average molecular weight is 349 g/mol. The van der Waals surface area contributed by atoms with Gasteiger partial charge in [-0.3, -0.25) is 0 Å². The van der Waals surface area contributed by atoms with Gasteiger partial charge < -0.3 is 9.47 Å². The SMILES string of the molecule is CCOc1ccc(S(=O)(=O)N(C)Cc2ccc(OC)cc2)cc1C. The Hall–Kier alpha value is -2.05. The van der Waals surface area contributed by atoms with Crippen molar-refractivity contribution >= 4 is 10.0 Å². The summed E-state index contributed by atoms with van der Waals surface area (Å²) in [5, 5.41) is 0. The number of ether oxygens (including phenoxy) is 2. The predicted octanol–water partition coefficient (Wildman–Crippen LogP) is 3.22. The van der Waals surface area contributed by atoms with Crippen molar-refractivity contribution in [3.63, 3.8) is 0 Å². The molecule has 0 aliphatic heterocycles. The molecule has 0 saturated carbocycles. The maximum Gasteiger partial charge on any atom is 0.243 e. The van der Waals surface area contributed by atoms with E-state index in [4.69, 9.17) is 9.47 Å². The minimum absolute atomic E-state index is 0.263. The van der Waals surface area contributed by atoms with Gasteiger partial charge in [0.2, 0.25) is 10.0 Å². The van der Waals surface area contributed by atoms with E-state index in [0.29, 0.717) is 18.9 Å². The molecule has 0 heterocycles. The zero-order valence-electron chi connectivity index (χ0n) is 14.4. The van der Waals surface area contributed by atoms with Crippen molar-refractivity contribution in [2.45, 2.75) is 25.3 Å². The number of nitrogens with zero attached hydrogens (tertiary/aromatic N) is 1. The van der Waals surface area contributed by atoms with Crippen LogP contribution in [0, 0.1) is 6.92 Å². The van der Waals surface area contributed by atoms with Gasteiger partial charge in [-0.15, -0.1) is 0 Å². The molecule has 0 radical (unpaired) electrons.